The number of nitrogens with zero attached hydrogens (tertiary/aromatic N) is 1. The van der Waals surface area contributed by atoms with Crippen molar-refractivity contribution in [2.75, 3.05) is 12.0 Å². The molecule has 88 valence electrons. The SMILES string of the molecule is CC#CC1C(C)C(=O)N1c1ccc(OC)cc1. The Balaban J connectivity index is 2.25. The lowest BCUT2D eigenvalue weighted by atomic mass is 9.89. The largest absolute Gasteiger partial charge is 0.497 e. The van der Waals surface area contributed by atoms with Crippen LogP contribution < -0.4 is 9.64 Å². The average Bonchev–Trinajstić information content (AvgIpc) is 2.38. The number of rotatable bonds is 2. The number of methoxy groups -OCH3 is 1. The second-order valence-corrected chi connectivity index (χ2v) is 4.03. The van der Waals surface area contributed by atoms with Crippen LogP contribution in [0.1, 0.15) is 13.8 Å². The molecule has 0 spiro atoms. The molecule has 1 aliphatic rings. The summed E-state index contributed by atoms with van der Waals surface area (Å²) in [6.07, 6.45) is 0. The highest BCUT2D eigenvalue weighted by Gasteiger charge is 2.43. The quantitative estimate of drug-likeness (QED) is 0.574. The first-order chi connectivity index (χ1) is 8.19. The van der Waals surface area contributed by atoms with Gasteiger partial charge in [0.05, 0.1) is 13.0 Å². The zero-order valence-corrected chi connectivity index (χ0v) is 10.2. The summed E-state index contributed by atoms with van der Waals surface area (Å²) in [5, 5.41) is 0. The Morgan fingerprint density at radius 3 is 2.47 bits per heavy atom. The number of hydrogen-bond acceptors (Lipinski definition) is 2. The van der Waals surface area contributed by atoms with E-state index in [0.717, 1.165) is 11.4 Å². The summed E-state index contributed by atoms with van der Waals surface area (Å²) >= 11 is 0. The second-order valence-electron chi connectivity index (χ2n) is 4.03. The van der Waals surface area contributed by atoms with Crippen LogP contribution in [-0.2, 0) is 4.79 Å². The highest BCUT2D eigenvalue weighted by Crippen LogP contribution is 2.32. The zero-order chi connectivity index (χ0) is 12.4. The van der Waals surface area contributed by atoms with E-state index in [1.54, 1.807) is 18.9 Å². The number of amides is 1. The van der Waals surface area contributed by atoms with E-state index in [9.17, 15) is 4.79 Å². The average molecular weight is 229 g/mol. The van der Waals surface area contributed by atoms with Crippen molar-refractivity contribution in [1.29, 1.82) is 0 Å². The van der Waals surface area contributed by atoms with Gasteiger partial charge >= 0.3 is 0 Å². The van der Waals surface area contributed by atoms with Gasteiger partial charge in [-0.25, -0.2) is 0 Å². The van der Waals surface area contributed by atoms with Crippen molar-refractivity contribution in [2.45, 2.75) is 19.9 Å². The number of hydrogen-bond donors (Lipinski definition) is 0. The van der Waals surface area contributed by atoms with Gasteiger partial charge in [-0.05, 0) is 31.2 Å². The van der Waals surface area contributed by atoms with Gasteiger partial charge in [0.1, 0.15) is 11.8 Å². The Morgan fingerprint density at radius 2 is 1.94 bits per heavy atom. The van der Waals surface area contributed by atoms with Crippen molar-refractivity contribution in [2.24, 2.45) is 5.92 Å². The summed E-state index contributed by atoms with van der Waals surface area (Å²) in [5.74, 6) is 6.84. The molecule has 0 saturated carbocycles. The number of carbonyl (C=O) groups is 1. The first-order valence-corrected chi connectivity index (χ1v) is 5.58. The van der Waals surface area contributed by atoms with Crippen LogP contribution in [0.5, 0.6) is 5.75 Å². The van der Waals surface area contributed by atoms with E-state index in [1.807, 2.05) is 31.2 Å². The van der Waals surface area contributed by atoms with Crippen LogP contribution in [0.3, 0.4) is 0 Å². The van der Waals surface area contributed by atoms with Gasteiger partial charge in [-0.15, -0.1) is 5.92 Å². The topological polar surface area (TPSA) is 29.5 Å². The van der Waals surface area contributed by atoms with Crippen LogP contribution in [0.25, 0.3) is 0 Å². The fourth-order valence-electron chi connectivity index (χ4n) is 2.00. The van der Waals surface area contributed by atoms with Crippen LogP contribution in [0, 0.1) is 17.8 Å². The van der Waals surface area contributed by atoms with E-state index in [2.05, 4.69) is 11.8 Å². The van der Waals surface area contributed by atoms with Crippen molar-refractivity contribution in [3.8, 4) is 17.6 Å². The second kappa shape index (κ2) is 4.50. The molecular formula is C14H15NO2. The fourth-order valence-corrected chi connectivity index (χ4v) is 2.00. The molecule has 0 radical (unpaired) electrons. The maximum atomic E-state index is 11.8. The molecule has 3 heteroatoms. The third kappa shape index (κ3) is 1.87. The molecule has 0 bridgehead atoms. The van der Waals surface area contributed by atoms with Crippen LogP contribution >= 0.6 is 0 Å². The summed E-state index contributed by atoms with van der Waals surface area (Å²) in [6, 6.07) is 7.46. The van der Waals surface area contributed by atoms with Crippen molar-refractivity contribution < 1.29 is 9.53 Å². The summed E-state index contributed by atoms with van der Waals surface area (Å²) in [7, 11) is 1.62. The monoisotopic (exact) mass is 229 g/mol. The van der Waals surface area contributed by atoms with E-state index >= 15 is 0 Å². The normalized spacial score (nSPS) is 22.5. The minimum absolute atomic E-state index is 0.000829. The van der Waals surface area contributed by atoms with Gasteiger partial charge in [-0.3, -0.25) is 9.69 Å². The van der Waals surface area contributed by atoms with Crippen LogP contribution in [0.15, 0.2) is 24.3 Å². The van der Waals surface area contributed by atoms with E-state index in [-0.39, 0.29) is 17.9 Å². The predicted molar refractivity (Wildman–Crippen MR) is 66.9 cm³/mol. The van der Waals surface area contributed by atoms with E-state index in [1.165, 1.54) is 0 Å². The molecule has 2 unspecified atom stereocenters. The molecule has 1 amide bonds. The van der Waals surface area contributed by atoms with E-state index in [4.69, 9.17) is 4.74 Å². The molecule has 2 rings (SSSR count). The zero-order valence-electron chi connectivity index (χ0n) is 10.2. The molecule has 2 atom stereocenters. The first kappa shape index (κ1) is 11.5. The number of carbonyl (C=O) groups excluding carboxylic acids is 1. The van der Waals surface area contributed by atoms with Gasteiger partial charge in [-0.2, -0.15) is 0 Å². The van der Waals surface area contributed by atoms with Gasteiger partial charge in [0.15, 0.2) is 0 Å². The van der Waals surface area contributed by atoms with Gasteiger partial charge in [0, 0.05) is 5.69 Å². The van der Waals surface area contributed by atoms with Gasteiger partial charge in [0.25, 0.3) is 0 Å². The first-order valence-electron chi connectivity index (χ1n) is 5.58. The molecule has 3 nitrogen and oxygen atoms in total. The fraction of sp³-hybridized carbons (Fsp3) is 0.357. The van der Waals surface area contributed by atoms with Crippen molar-refractivity contribution >= 4 is 11.6 Å². The third-order valence-electron chi connectivity index (χ3n) is 3.02. The smallest absolute Gasteiger partial charge is 0.234 e. The highest BCUT2D eigenvalue weighted by atomic mass is 16.5. The van der Waals surface area contributed by atoms with Gasteiger partial charge in [-0.1, -0.05) is 12.8 Å². The predicted octanol–water partition coefficient (Wildman–Crippen LogP) is 2.07. The molecular weight excluding hydrogens is 214 g/mol. The molecule has 0 aromatic heterocycles. The Morgan fingerprint density at radius 1 is 1.29 bits per heavy atom. The van der Waals surface area contributed by atoms with Crippen molar-refractivity contribution in [1.82, 2.24) is 0 Å². The van der Waals surface area contributed by atoms with Crippen LogP contribution in [0.2, 0.25) is 0 Å². The van der Waals surface area contributed by atoms with Crippen LogP contribution in [0.4, 0.5) is 5.69 Å². The molecule has 17 heavy (non-hydrogen) atoms. The molecule has 1 heterocycles. The Labute approximate surface area is 101 Å². The summed E-state index contributed by atoms with van der Waals surface area (Å²) < 4.78 is 5.09. The lowest BCUT2D eigenvalue weighted by Crippen LogP contribution is -2.59. The Kier molecular flexibility index (Phi) is 3.06. The third-order valence-corrected chi connectivity index (χ3v) is 3.02. The summed E-state index contributed by atoms with van der Waals surface area (Å²) in [6.45, 7) is 3.71. The molecule has 1 aromatic rings. The van der Waals surface area contributed by atoms with Gasteiger partial charge in [0.2, 0.25) is 5.91 Å². The Bertz CT molecular complexity index is 481. The molecule has 0 aliphatic carbocycles. The minimum atomic E-state index is -0.00967. The van der Waals surface area contributed by atoms with Crippen molar-refractivity contribution in [3.63, 3.8) is 0 Å². The number of β-lactam (4-membered cyclic amide) rings is 1. The summed E-state index contributed by atoms with van der Waals surface area (Å²) in [4.78, 5) is 13.6. The van der Waals surface area contributed by atoms with Crippen molar-refractivity contribution in [3.05, 3.63) is 24.3 Å². The highest BCUT2D eigenvalue weighted by molar-refractivity contribution is 6.03. The number of ether oxygens (including phenoxy) is 1. The number of benzene rings is 1. The van der Waals surface area contributed by atoms with Crippen LogP contribution in [-0.4, -0.2) is 19.1 Å². The molecule has 1 aromatic carbocycles. The van der Waals surface area contributed by atoms with E-state index < -0.39 is 0 Å². The standard InChI is InChI=1S/C14H15NO2/c1-4-5-13-10(2)14(16)15(13)11-6-8-12(17-3)9-7-11/h6-10,13H,1-3H3. The minimum Gasteiger partial charge on any atom is -0.497 e. The summed E-state index contributed by atoms with van der Waals surface area (Å²) in [5.41, 5.74) is 0.877. The number of anilines is 1. The lowest BCUT2D eigenvalue weighted by Gasteiger charge is -2.42. The maximum Gasteiger partial charge on any atom is 0.234 e. The lowest BCUT2D eigenvalue weighted by molar-refractivity contribution is -0.128. The molecule has 1 fully saturated rings. The van der Waals surface area contributed by atoms with Gasteiger partial charge < -0.3 is 4.74 Å². The van der Waals surface area contributed by atoms with E-state index in [0.29, 0.717) is 0 Å². The maximum absolute atomic E-state index is 11.8. The Hall–Kier alpha value is -1.95. The molecule has 1 aliphatic heterocycles. The molecule has 0 N–H and O–H groups in total. The molecule has 1 saturated heterocycles.